The third-order valence-corrected chi connectivity index (χ3v) is 4.17. The molecule has 0 aromatic carbocycles. The Labute approximate surface area is 129 Å². The van der Waals surface area contributed by atoms with E-state index >= 15 is 0 Å². The zero-order valence-electron chi connectivity index (χ0n) is 12.0. The number of ether oxygens (including phenoxy) is 1. The van der Waals surface area contributed by atoms with E-state index in [0.717, 1.165) is 30.7 Å². The number of aromatic nitrogens is 3. The second kappa shape index (κ2) is 6.45. The highest BCUT2D eigenvalue weighted by molar-refractivity contribution is 6.31. The van der Waals surface area contributed by atoms with Gasteiger partial charge in [0.1, 0.15) is 6.10 Å². The standard InChI is InChI=1S/C15H19ClN4O/c1-20-10-12(8-19-20)21-15-4-2-3-14(15)18-7-11-5-6-17-9-13(11)16/h5-6,8-10,14-15,18H,2-4,7H2,1H3/t14-,15+/m0/s1. The van der Waals surface area contributed by atoms with Gasteiger partial charge in [0, 0.05) is 32.0 Å². The van der Waals surface area contributed by atoms with Crippen molar-refractivity contribution in [1.29, 1.82) is 0 Å². The minimum Gasteiger partial charge on any atom is -0.486 e. The van der Waals surface area contributed by atoms with Crippen LogP contribution in [0.2, 0.25) is 5.02 Å². The molecule has 5 nitrogen and oxygen atoms in total. The first-order valence-corrected chi connectivity index (χ1v) is 7.57. The molecule has 0 aliphatic heterocycles. The molecule has 2 aromatic rings. The number of aryl methyl sites for hydroxylation is 1. The molecule has 112 valence electrons. The summed E-state index contributed by atoms with van der Waals surface area (Å²) < 4.78 is 7.79. The highest BCUT2D eigenvalue weighted by Crippen LogP contribution is 2.25. The molecule has 2 heterocycles. The van der Waals surface area contributed by atoms with Gasteiger partial charge in [-0.3, -0.25) is 9.67 Å². The van der Waals surface area contributed by atoms with Crippen molar-refractivity contribution in [2.75, 3.05) is 0 Å². The number of rotatable bonds is 5. The summed E-state index contributed by atoms with van der Waals surface area (Å²) >= 11 is 6.13. The van der Waals surface area contributed by atoms with Crippen molar-refractivity contribution in [2.45, 2.75) is 38.0 Å². The summed E-state index contributed by atoms with van der Waals surface area (Å²) in [5.74, 6) is 0.832. The SMILES string of the molecule is Cn1cc(O[C@@H]2CCC[C@@H]2NCc2ccncc2Cl)cn1. The maximum Gasteiger partial charge on any atom is 0.157 e. The van der Waals surface area contributed by atoms with Crippen molar-refractivity contribution in [1.82, 2.24) is 20.1 Å². The molecule has 3 rings (SSSR count). The fraction of sp³-hybridized carbons (Fsp3) is 0.467. The maximum atomic E-state index is 6.13. The van der Waals surface area contributed by atoms with E-state index in [1.165, 1.54) is 6.42 Å². The normalized spacial score (nSPS) is 21.6. The Morgan fingerprint density at radius 3 is 3.10 bits per heavy atom. The smallest absolute Gasteiger partial charge is 0.157 e. The van der Waals surface area contributed by atoms with E-state index in [1.807, 2.05) is 19.3 Å². The Morgan fingerprint density at radius 1 is 1.43 bits per heavy atom. The zero-order chi connectivity index (χ0) is 14.7. The van der Waals surface area contributed by atoms with Crippen LogP contribution in [0.4, 0.5) is 0 Å². The van der Waals surface area contributed by atoms with Crippen LogP contribution in [0.15, 0.2) is 30.9 Å². The molecule has 2 atom stereocenters. The molecule has 1 fully saturated rings. The van der Waals surface area contributed by atoms with Crippen LogP contribution in [-0.4, -0.2) is 26.9 Å². The second-order valence-electron chi connectivity index (χ2n) is 5.39. The van der Waals surface area contributed by atoms with E-state index in [2.05, 4.69) is 15.4 Å². The minimum absolute atomic E-state index is 0.190. The van der Waals surface area contributed by atoms with Crippen molar-refractivity contribution in [2.24, 2.45) is 7.05 Å². The molecule has 6 heteroatoms. The van der Waals surface area contributed by atoms with Crippen LogP contribution >= 0.6 is 11.6 Å². The second-order valence-corrected chi connectivity index (χ2v) is 5.80. The Hall–Kier alpha value is -1.59. The number of hydrogen-bond acceptors (Lipinski definition) is 4. The Balaban J connectivity index is 1.58. The van der Waals surface area contributed by atoms with Crippen molar-refractivity contribution < 1.29 is 4.74 Å². The van der Waals surface area contributed by atoms with E-state index in [1.54, 1.807) is 23.3 Å². The Kier molecular flexibility index (Phi) is 4.41. The van der Waals surface area contributed by atoms with Gasteiger partial charge in [0.25, 0.3) is 0 Å². The number of halogens is 1. The first kappa shape index (κ1) is 14.4. The maximum absolute atomic E-state index is 6.13. The summed E-state index contributed by atoms with van der Waals surface area (Å²) in [6.45, 7) is 0.735. The van der Waals surface area contributed by atoms with Gasteiger partial charge < -0.3 is 10.1 Å². The number of pyridine rings is 1. The molecule has 0 saturated heterocycles. The van der Waals surface area contributed by atoms with Crippen LogP contribution in [0, 0.1) is 0 Å². The molecule has 21 heavy (non-hydrogen) atoms. The molecule has 0 unspecified atom stereocenters. The Bertz CT molecular complexity index is 601. The minimum atomic E-state index is 0.190. The summed E-state index contributed by atoms with van der Waals surface area (Å²) in [5, 5.41) is 8.39. The molecule has 0 radical (unpaired) electrons. The average molecular weight is 307 g/mol. The summed E-state index contributed by atoms with van der Waals surface area (Å²) in [6, 6.07) is 2.29. The van der Waals surface area contributed by atoms with Gasteiger partial charge in [-0.15, -0.1) is 0 Å². The van der Waals surface area contributed by atoms with Gasteiger partial charge >= 0.3 is 0 Å². The van der Waals surface area contributed by atoms with Crippen LogP contribution in [0.3, 0.4) is 0 Å². The average Bonchev–Trinajstić information content (AvgIpc) is 3.08. The van der Waals surface area contributed by atoms with Crippen molar-refractivity contribution in [3.63, 3.8) is 0 Å². The third kappa shape index (κ3) is 3.54. The van der Waals surface area contributed by atoms with Gasteiger partial charge in [0.2, 0.25) is 0 Å². The lowest BCUT2D eigenvalue weighted by Crippen LogP contribution is -2.38. The van der Waals surface area contributed by atoms with E-state index in [0.29, 0.717) is 11.1 Å². The molecule has 0 amide bonds. The fourth-order valence-electron chi connectivity index (χ4n) is 2.72. The van der Waals surface area contributed by atoms with E-state index in [-0.39, 0.29) is 6.10 Å². The molecule has 2 aromatic heterocycles. The molecule has 1 aliphatic carbocycles. The third-order valence-electron chi connectivity index (χ3n) is 3.83. The molecule has 1 aliphatic rings. The Morgan fingerprint density at radius 2 is 2.33 bits per heavy atom. The lowest BCUT2D eigenvalue weighted by Gasteiger charge is -2.21. The van der Waals surface area contributed by atoms with Crippen LogP contribution in [0.1, 0.15) is 24.8 Å². The monoisotopic (exact) mass is 306 g/mol. The molecule has 0 spiro atoms. The predicted octanol–water partition coefficient (Wildman–Crippen LogP) is 2.56. The quantitative estimate of drug-likeness (QED) is 0.922. The lowest BCUT2D eigenvalue weighted by atomic mass is 10.2. The van der Waals surface area contributed by atoms with Gasteiger partial charge in [0.05, 0.1) is 17.4 Å². The first-order chi connectivity index (χ1) is 10.2. The summed E-state index contributed by atoms with van der Waals surface area (Å²) in [6.07, 6.45) is 10.6. The number of nitrogens with zero attached hydrogens (tertiary/aromatic N) is 3. The number of nitrogens with one attached hydrogen (secondary N) is 1. The van der Waals surface area contributed by atoms with E-state index < -0.39 is 0 Å². The topological polar surface area (TPSA) is 52.0 Å². The summed E-state index contributed by atoms with van der Waals surface area (Å²) in [7, 11) is 1.89. The first-order valence-electron chi connectivity index (χ1n) is 7.19. The van der Waals surface area contributed by atoms with Crippen molar-refractivity contribution >= 4 is 11.6 Å². The van der Waals surface area contributed by atoms with E-state index in [4.69, 9.17) is 16.3 Å². The highest BCUT2D eigenvalue weighted by Gasteiger charge is 2.29. The molecule has 0 bridgehead atoms. The van der Waals surface area contributed by atoms with E-state index in [9.17, 15) is 0 Å². The van der Waals surface area contributed by atoms with Gasteiger partial charge in [0.15, 0.2) is 5.75 Å². The predicted molar refractivity (Wildman–Crippen MR) is 81.3 cm³/mol. The van der Waals surface area contributed by atoms with Crippen LogP contribution in [0.5, 0.6) is 5.75 Å². The van der Waals surface area contributed by atoms with Gasteiger partial charge in [-0.05, 0) is 30.9 Å². The zero-order valence-corrected chi connectivity index (χ0v) is 12.8. The number of hydrogen-bond donors (Lipinski definition) is 1. The van der Waals surface area contributed by atoms with Crippen molar-refractivity contribution in [3.05, 3.63) is 41.4 Å². The van der Waals surface area contributed by atoms with Crippen LogP contribution < -0.4 is 10.1 Å². The molecular formula is C15H19ClN4O. The van der Waals surface area contributed by atoms with Gasteiger partial charge in [-0.1, -0.05) is 11.6 Å². The molecule has 1 N–H and O–H groups in total. The summed E-state index contributed by atoms with van der Waals surface area (Å²) in [5.41, 5.74) is 1.07. The summed E-state index contributed by atoms with van der Waals surface area (Å²) in [4.78, 5) is 4.00. The largest absolute Gasteiger partial charge is 0.486 e. The fourth-order valence-corrected chi connectivity index (χ4v) is 2.91. The van der Waals surface area contributed by atoms with Gasteiger partial charge in [-0.25, -0.2) is 0 Å². The van der Waals surface area contributed by atoms with Crippen LogP contribution in [-0.2, 0) is 13.6 Å². The molecular weight excluding hydrogens is 288 g/mol. The lowest BCUT2D eigenvalue weighted by molar-refractivity contribution is 0.174. The highest BCUT2D eigenvalue weighted by atomic mass is 35.5. The van der Waals surface area contributed by atoms with Gasteiger partial charge in [-0.2, -0.15) is 5.10 Å². The van der Waals surface area contributed by atoms with Crippen LogP contribution in [0.25, 0.3) is 0 Å². The van der Waals surface area contributed by atoms with Crippen molar-refractivity contribution in [3.8, 4) is 5.75 Å². The molecule has 1 saturated carbocycles.